The van der Waals surface area contributed by atoms with Gasteiger partial charge < -0.3 is 16.0 Å². The maximum atomic E-state index is 4.59. The zero-order valence-corrected chi connectivity index (χ0v) is 39.4. The van der Waals surface area contributed by atoms with Gasteiger partial charge in [0.2, 0.25) is 0 Å². The van der Waals surface area contributed by atoms with Crippen LogP contribution in [0.5, 0.6) is 0 Å². The fourth-order valence-corrected chi connectivity index (χ4v) is 15.6. The van der Waals surface area contributed by atoms with Gasteiger partial charge in [0.1, 0.15) is 0 Å². The summed E-state index contributed by atoms with van der Waals surface area (Å²) in [4.78, 5) is 0. The predicted molar refractivity (Wildman–Crippen MR) is 254 cm³/mol. The van der Waals surface area contributed by atoms with Crippen LogP contribution in [-0.4, -0.2) is 36.3 Å². The zero-order valence-electron chi connectivity index (χ0n) is 39.4. The number of fused-ring (bicyclic) bond motifs is 8. The molecule has 320 valence electrons. The van der Waals surface area contributed by atoms with E-state index in [-0.39, 0.29) is 0 Å². The van der Waals surface area contributed by atoms with Gasteiger partial charge in [-0.25, -0.2) is 0 Å². The number of hydrogen-bond donors (Lipinski definition) is 3. The molecule has 8 bridgehead atoms. The molecule has 3 heteroatoms. The van der Waals surface area contributed by atoms with Crippen LogP contribution in [0.2, 0.25) is 0 Å². The molecule has 5 aliphatic rings. The Labute approximate surface area is 364 Å². The Morgan fingerprint density at radius 3 is 0.717 bits per heavy atom. The van der Waals surface area contributed by atoms with Crippen LogP contribution in [0.4, 0.5) is 0 Å². The van der Waals surface area contributed by atoms with Crippen molar-refractivity contribution in [1.82, 2.24) is 16.0 Å². The summed E-state index contributed by atoms with van der Waals surface area (Å²) in [5.41, 5.74) is 24.1. The topological polar surface area (TPSA) is 36.1 Å². The minimum Gasteiger partial charge on any atom is -0.310 e. The van der Waals surface area contributed by atoms with Gasteiger partial charge in [-0.2, -0.15) is 0 Å². The molecule has 4 aliphatic heterocycles. The Morgan fingerprint density at radius 2 is 0.483 bits per heavy atom. The van der Waals surface area contributed by atoms with Crippen LogP contribution >= 0.6 is 0 Å². The van der Waals surface area contributed by atoms with Gasteiger partial charge in [0, 0.05) is 59.9 Å². The lowest BCUT2D eigenvalue weighted by atomic mass is 9.72. The third-order valence-electron chi connectivity index (χ3n) is 17.1. The van der Waals surface area contributed by atoms with E-state index in [0.717, 1.165) is 0 Å². The summed E-state index contributed by atoms with van der Waals surface area (Å²) in [6, 6.07) is 22.6. The fourth-order valence-electron chi connectivity index (χ4n) is 15.6. The standard InChI is InChI=1S/C57H77N3/c1-30-21-34(5)50(35(6)22-30)54-42-13-14-43(29-42)55(51-36(7)23-31(2)24-37(51)8)45-16-18-47(59-45)57(53-40(11)27-33(4)28-41(53)12)49-20-19-48(60-49)56(46-17-15-44(54)58-46)52-38(9)25-32(3)26-39(52)10/h21-28,42-49,54-60H,13-20,29H2,1-12H3. The van der Waals surface area contributed by atoms with E-state index in [4.69, 9.17) is 0 Å². The molecular formula is C57H77N3. The maximum absolute atomic E-state index is 4.59. The number of rotatable bonds is 4. The molecule has 4 aromatic rings. The molecule has 0 radical (unpaired) electrons. The van der Waals surface area contributed by atoms with Crippen LogP contribution < -0.4 is 16.0 Å². The minimum atomic E-state index is 0.438. The molecule has 1 saturated carbocycles. The first-order chi connectivity index (χ1) is 28.7. The van der Waals surface area contributed by atoms with Crippen molar-refractivity contribution in [1.29, 1.82) is 0 Å². The summed E-state index contributed by atoms with van der Waals surface area (Å²) in [5, 5.41) is 13.7. The summed E-state index contributed by atoms with van der Waals surface area (Å²) in [6.07, 6.45) is 11.5. The third-order valence-corrected chi connectivity index (χ3v) is 17.1. The Bertz CT molecular complexity index is 1810. The van der Waals surface area contributed by atoms with Crippen molar-refractivity contribution in [2.45, 2.75) is 201 Å². The molecule has 3 N–H and O–H groups in total. The van der Waals surface area contributed by atoms with Crippen LogP contribution in [0.3, 0.4) is 0 Å². The Balaban J connectivity index is 1.21. The number of aryl methyl sites for hydroxylation is 12. The lowest BCUT2D eigenvalue weighted by Gasteiger charge is -2.39. The van der Waals surface area contributed by atoms with E-state index in [1.807, 2.05) is 0 Å². The van der Waals surface area contributed by atoms with Gasteiger partial charge in [-0.3, -0.25) is 0 Å². The molecule has 4 heterocycles. The van der Waals surface area contributed by atoms with E-state index in [1.165, 1.54) is 125 Å². The van der Waals surface area contributed by atoms with Gasteiger partial charge in [-0.1, -0.05) is 70.8 Å². The van der Waals surface area contributed by atoms with Gasteiger partial charge in [-0.15, -0.1) is 0 Å². The normalized spacial score (nSPS) is 32.9. The van der Waals surface area contributed by atoms with E-state index >= 15 is 0 Å². The smallest absolute Gasteiger partial charge is 0.0154 e. The largest absolute Gasteiger partial charge is 0.310 e. The summed E-state index contributed by atoms with van der Waals surface area (Å²) in [7, 11) is 0. The van der Waals surface area contributed by atoms with Crippen molar-refractivity contribution >= 4 is 0 Å². The fraction of sp³-hybridized carbons (Fsp3) is 0.579. The highest BCUT2D eigenvalue weighted by Gasteiger charge is 2.50. The van der Waals surface area contributed by atoms with Gasteiger partial charge in [0.05, 0.1) is 0 Å². The van der Waals surface area contributed by atoms with Crippen molar-refractivity contribution in [3.63, 3.8) is 0 Å². The van der Waals surface area contributed by atoms with Crippen molar-refractivity contribution in [3.8, 4) is 0 Å². The Kier molecular flexibility index (Phi) is 11.6. The molecule has 60 heavy (non-hydrogen) atoms. The third kappa shape index (κ3) is 7.55. The number of hydrogen-bond acceptors (Lipinski definition) is 3. The van der Waals surface area contributed by atoms with Crippen molar-refractivity contribution in [2.24, 2.45) is 11.8 Å². The van der Waals surface area contributed by atoms with Gasteiger partial charge >= 0.3 is 0 Å². The van der Waals surface area contributed by atoms with Crippen LogP contribution in [0.15, 0.2) is 48.5 Å². The molecule has 3 nitrogen and oxygen atoms in total. The lowest BCUT2D eigenvalue weighted by Crippen LogP contribution is -2.49. The predicted octanol–water partition coefficient (Wildman–Crippen LogP) is 12.6. The Morgan fingerprint density at radius 1 is 0.283 bits per heavy atom. The van der Waals surface area contributed by atoms with Crippen LogP contribution in [0.25, 0.3) is 0 Å². The first-order valence-electron chi connectivity index (χ1n) is 24.3. The SMILES string of the molecule is Cc1cc(C)c(C2C3CCC(C3)C(c3c(C)cc(C)cc3C)C3CCC(N3)C(c3c(C)cc(C)cc3C)C3CCC(N3)C(c3c(C)cc(C)cc3C)C3CCC2N3)c(C)c1. The van der Waals surface area contributed by atoms with Gasteiger partial charge in [-0.05, 0) is 219 Å². The Hall–Kier alpha value is -3.24. The highest BCUT2D eigenvalue weighted by Crippen LogP contribution is 2.54. The second-order valence-electron chi connectivity index (χ2n) is 21.6. The maximum Gasteiger partial charge on any atom is 0.0154 e. The summed E-state index contributed by atoms with van der Waals surface area (Å²) >= 11 is 0. The summed E-state index contributed by atoms with van der Waals surface area (Å²) in [6.45, 7) is 28.5. The van der Waals surface area contributed by atoms with Crippen molar-refractivity contribution < 1.29 is 0 Å². The lowest BCUT2D eigenvalue weighted by molar-refractivity contribution is 0.282. The quantitative estimate of drug-likeness (QED) is 0.192. The summed E-state index contributed by atoms with van der Waals surface area (Å²) < 4.78 is 0. The molecule has 1 aliphatic carbocycles. The second-order valence-corrected chi connectivity index (χ2v) is 21.6. The molecule has 9 rings (SSSR count). The molecule has 0 amide bonds. The average Bonchev–Trinajstić information content (AvgIpc) is 3.99. The number of benzene rings is 4. The average molecular weight is 804 g/mol. The van der Waals surface area contributed by atoms with E-state index in [0.29, 0.717) is 71.8 Å². The van der Waals surface area contributed by atoms with Crippen LogP contribution in [0, 0.1) is 94.9 Å². The van der Waals surface area contributed by atoms with E-state index in [9.17, 15) is 0 Å². The molecule has 12 atom stereocenters. The zero-order chi connectivity index (χ0) is 42.3. The van der Waals surface area contributed by atoms with E-state index in [2.05, 4.69) is 148 Å². The molecule has 4 aromatic carbocycles. The van der Waals surface area contributed by atoms with Crippen LogP contribution in [0.1, 0.15) is 170 Å². The van der Waals surface area contributed by atoms with Crippen molar-refractivity contribution in [2.75, 3.05) is 0 Å². The summed E-state index contributed by atoms with van der Waals surface area (Å²) in [5.74, 6) is 3.28. The molecular weight excluding hydrogens is 727 g/mol. The minimum absolute atomic E-state index is 0.438. The highest BCUT2D eigenvalue weighted by atomic mass is 15.1. The molecule has 0 aromatic heterocycles. The monoisotopic (exact) mass is 804 g/mol. The van der Waals surface area contributed by atoms with Crippen LogP contribution in [-0.2, 0) is 0 Å². The molecule has 12 unspecified atom stereocenters. The molecule has 4 saturated heterocycles. The van der Waals surface area contributed by atoms with Gasteiger partial charge in [0.25, 0.3) is 0 Å². The second kappa shape index (κ2) is 16.5. The first-order valence-corrected chi connectivity index (χ1v) is 24.3. The van der Waals surface area contributed by atoms with E-state index < -0.39 is 0 Å². The first kappa shape index (κ1) is 42.1. The van der Waals surface area contributed by atoms with Crippen molar-refractivity contribution in [3.05, 3.63) is 138 Å². The molecule has 5 fully saturated rings. The van der Waals surface area contributed by atoms with E-state index in [1.54, 1.807) is 22.3 Å². The van der Waals surface area contributed by atoms with Gasteiger partial charge in [0.15, 0.2) is 0 Å². The number of nitrogens with one attached hydrogen (secondary N) is 3. The highest BCUT2D eigenvalue weighted by molar-refractivity contribution is 5.47. The molecule has 0 spiro atoms.